The van der Waals surface area contributed by atoms with Crippen LogP contribution in [0.3, 0.4) is 0 Å². The summed E-state index contributed by atoms with van der Waals surface area (Å²) in [6, 6.07) is 0.734. The molecule has 3 nitrogen and oxygen atoms in total. The molecule has 106 valence electrons. The van der Waals surface area contributed by atoms with Gasteiger partial charge in [-0.3, -0.25) is 0 Å². The van der Waals surface area contributed by atoms with Gasteiger partial charge >= 0.3 is 0 Å². The minimum Gasteiger partial charge on any atom is -0.381 e. The molecule has 1 aliphatic heterocycles. The van der Waals surface area contributed by atoms with E-state index >= 15 is 0 Å². The molecular weight excluding hydrogens is 224 g/mol. The average Bonchev–Trinajstić information content (AvgIpc) is 2.90. The Morgan fingerprint density at radius 2 is 1.83 bits per heavy atom. The first-order chi connectivity index (χ1) is 8.78. The molecule has 0 spiro atoms. The van der Waals surface area contributed by atoms with Crippen LogP contribution in [0.1, 0.15) is 45.4 Å². The molecule has 0 bridgehead atoms. The van der Waals surface area contributed by atoms with Gasteiger partial charge in [0.1, 0.15) is 0 Å². The highest BCUT2D eigenvalue weighted by Gasteiger charge is 2.21. The highest BCUT2D eigenvalue weighted by molar-refractivity contribution is 4.78. The molecule has 0 radical (unpaired) electrons. The topological polar surface area (TPSA) is 24.5 Å². The number of nitrogens with one attached hydrogen (secondary N) is 1. The summed E-state index contributed by atoms with van der Waals surface area (Å²) in [4.78, 5) is 2.62. The van der Waals surface area contributed by atoms with Crippen LogP contribution in [0.15, 0.2) is 0 Å². The third-order valence-electron chi connectivity index (χ3n) is 4.53. The molecule has 18 heavy (non-hydrogen) atoms. The summed E-state index contributed by atoms with van der Waals surface area (Å²) in [5, 5.41) is 3.76. The zero-order chi connectivity index (χ0) is 12.8. The zero-order valence-corrected chi connectivity index (χ0v) is 12.2. The summed E-state index contributed by atoms with van der Waals surface area (Å²) >= 11 is 0. The molecule has 1 heterocycles. The average molecular weight is 254 g/mol. The molecule has 0 aromatic carbocycles. The summed E-state index contributed by atoms with van der Waals surface area (Å²) < 4.78 is 5.42. The van der Waals surface area contributed by atoms with E-state index in [0.717, 1.165) is 12.0 Å². The van der Waals surface area contributed by atoms with Gasteiger partial charge in [-0.05, 0) is 64.1 Å². The highest BCUT2D eigenvalue weighted by Crippen LogP contribution is 2.20. The first-order valence-corrected chi connectivity index (χ1v) is 7.76. The summed E-state index contributed by atoms with van der Waals surface area (Å²) in [7, 11) is 1.84. The van der Waals surface area contributed by atoms with E-state index in [1.807, 2.05) is 7.11 Å². The lowest BCUT2D eigenvalue weighted by molar-refractivity contribution is 0.0620. The van der Waals surface area contributed by atoms with Crippen LogP contribution >= 0.6 is 0 Å². The van der Waals surface area contributed by atoms with Gasteiger partial charge in [-0.15, -0.1) is 0 Å². The van der Waals surface area contributed by atoms with E-state index in [2.05, 4.69) is 17.1 Å². The minimum absolute atomic E-state index is 0.519. The van der Waals surface area contributed by atoms with Crippen LogP contribution in [0.4, 0.5) is 0 Å². The van der Waals surface area contributed by atoms with Crippen molar-refractivity contribution in [2.45, 2.75) is 57.6 Å². The van der Waals surface area contributed by atoms with Crippen molar-refractivity contribution in [1.82, 2.24) is 10.2 Å². The second-order valence-electron chi connectivity index (χ2n) is 6.23. The van der Waals surface area contributed by atoms with Gasteiger partial charge in [0.25, 0.3) is 0 Å². The van der Waals surface area contributed by atoms with Crippen molar-refractivity contribution in [3.8, 4) is 0 Å². The fourth-order valence-electron chi connectivity index (χ4n) is 3.34. The Morgan fingerprint density at radius 1 is 1.17 bits per heavy atom. The predicted molar refractivity (Wildman–Crippen MR) is 75.9 cm³/mol. The molecule has 0 aromatic rings. The number of nitrogens with zero attached hydrogens (tertiary/aromatic N) is 1. The molecule has 2 fully saturated rings. The fraction of sp³-hybridized carbons (Fsp3) is 1.00. The molecule has 1 unspecified atom stereocenters. The van der Waals surface area contributed by atoms with Crippen molar-refractivity contribution in [2.24, 2.45) is 5.92 Å². The van der Waals surface area contributed by atoms with Gasteiger partial charge in [-0.2, -0.15) is 0 Å². The lowest BCUT2D eigenvalue weighted by atomic mass is 9.92. The third kappa shape index (κ3) is 4.52. The standard InChI is InChI=1S/C15H30N2O/c1-13(12-17-9-3-4-10-17)11-16-14-5-7-15(18-2)8-6-14/h13-16H,3-12H2,1-2H3. The summed E-state index contributed by atoms with van der Waals surface area (Å²) in [5.41, 5.74) is 0. The molecule has 1 N–H and O–H groups in total. The van der Waals surface area contributed by atoms with Gasteiger partial charge in [-0.25, -0.2) is 0 Å². The van der Waals surface area contributed by atoms with Gasteiger partial charge in [0.05, 0.1) is 6.10 Å². The summed E-state index contributed by atoms with van der Waals surface area (Å²) in [6.07, 6.45) is 8.36. The fourth-order valence-corrected chi connectivity index (χ4v) is 3.34. The Bertz CT molecular complexity index is 221. The predicted octanol–water partition coefficient (Wildman–Crippen LogP) is 2.27. The van der Waals surface area contributed by atoms with Crippen molar-refractivity contribution < 1.29 is 4.74 Å². The summed E-state index contributed by atoms with van der Waals surface area (Å²) in [5.74, 6) is 0.781. The lowest BCUT2D eigenvalue weighted by Gasteiger charge is -2.30. The molecule has 3 heteroatoms. The number of rotatable bonds is 6. The first kappa shape index (κ1) is 14.3. The van der Waals surface area contributed by atoms with E-state index in [4.69, 9.17) is 4.74 Å². The zero-order valence-electron chi connectivity index (χ0n) is 12.2. The SMILES string of the molecule is COC1CCC(NCC(C)CN2CCCC2)CC1. The van der Waals surface area contributed by atoms with Crippen molar-refractivity contribution in [3.63, 3.8) is 0 Å². The van der Waals surface area contributed by atoms with E-state index in [1.54, 1.807) is 0 Å². The monoisotopic (exact) mass is 254 g/mol. The van der Waals surface area contributed by atoms with E-state index in [9.17, 15) is 0 Å². The molecule has 1 atom stereocenters. The number of hydrogen-bond donors (Lipinski definition) is 1. The van der Waals surface area contributed by atoms with Crippen LogP contribution in [0.2, 0.25) is 0 Å². The van der Waals surface area contributed by atoms with Crippen LogP contribution < -0.4 is 5.32 Å². The van der Waals surface area contributed by atoms with Gasteiger partial charge in [0, 0.05) is 19.7 Å². The van der Waals surface area contributed by atoms with Crippen LogP contribution in [-0.2, 0) is 4.74 Å². The Morgan fingerprint density at radius 3 is 2.44 bits per heavy atom. The van der Waals surface area contributed by atoms with Crippen molar-refractivity contribution >= 4 is 0 Å². The van der Waals surface area contributed by atoms with E-state index < -0.39 is 0 Å². The quantitative estimate of drug-likeness (QED) is 0.787. The van der Waals surface area contributed by atoms with E-state index in [1.165, 1.54) is 64.7 Å². The van der Waals surface area contributed by atoms with Gasteiger partial charge in [0.15, 0.2) is 0 Å². The van der Waals surface area contributed by atoms with E-state index in [0.29, 0.717) is 6.10 Å². The molecule has 1 aliphatic carbocycles. The smallest absolute Gasteiger partial charge is 0.0572 e. The Kier molecular flexibility index (Phi) is 5.93. The van der Waals surface area contributed by atoms with Crippen LogP contribution in [0.5, 0.6) is 0 Å². The molecule has 1 saturated carbocycles. The van der Waals surface area contributed by atoms with Gasteiger partial charge in [-0.1, -0.05) is 6.92 Å². The minimum atomic E-state index is 0.519. The lowest BCUT2D eigenvalue weighted by Crippen LogP contribution is -2.39. The molecule has 1 saturated heterocycles. The van der Waals surface area contributed by atoms with Crippen molar-refractivity contribution in [3.05, 3.63) is 0 Å². The molecule has 0 amide bonds. The Balaban J connectivity index is 1.56. The maximum atomic E-state index is 5.42. The number of ether oxygens (including phenoxy) is 1. The van der Waals surface area contributed by atoms with Gasteiger partial charge in [0.2, 0.25) is 0 Å². The summed E-state index contributed by atoms with van der Waals surface area (Å²) in [6.45, 7) is 7.48. The Labute approximate surface area is 112 Å². The second kappa shape index (κ2) is 7.46. The normalized spacial score (nSPS) is 31.7. The highest BCUT2D eigenvalue weighted by atomic mass is 16.5. The largest absolute Gasteiger partial charge is 0.381 e. The van der Waals surface area contributed by atoms with Crippen LogP contribution in [0.25, 0.3) is 0 Å². The number of hydrogen-bond acceptors (Lipinski definition) is 3. The first-order valence-electron chi connectivity index (χ1n) is 7.76. The molecule has 0 aromatic heterocycles. The number of likely N-dealkylation sites (tertiary alicyclic amines) is 1. The van der Waals surface area contributed by atoms with Gasteiger partial charge < -0.3 is 15.0 Å². The molecule has 2 aliphatic rings. The number of methoxy groups -OCH3 is 1. The Hall–Kier alpha value is -0.120. The second-order valence-corrected chi connectivity index (χ2v) is 6.23. The molecular formula is C15H30N2O. The van der Waals surface area contributed by atoms with Crippen LogP contribution in [0, 0.1) is 5.92 Å². The van der Waals surface area contributed by atoms with Crippen molar-refractivity contribution in [2.75, 3.05) is 33.3 Å². The maximum Gasteiger partial charge on any atom is 0.0572 e. The van der Waals surface area contributed by atoms with Crippen molar-refractivity contribution in [1.29, 1.82) is 0 Å². The van der Waals surface area contributed by atoms with E-state index in [-0.39, 0.29) is 0 Å². The molecule has 2 rings (SSSR count). The third-order valence-corrected chi connectivity index (χ3v) is 4.53. The van der Waals surface area contributed by atoms with Crippen LogP contribution in [-0.4, -0.2) is 50.3 Å². The maximum absolute atomic E-state index is 5.42.